The number of nitrogens with one attached hydrogen (secondary N) is 3. The normalized spacial score (nSPS) is 15.8. The molecule has 3 N–H and O–H groups in total. The summed E-state index contributed by atoms with van der Waals surface area (Å²) < 4.78 is 1.79. The third-order valence-electron chi connectivity index (χ3n) is 4.00. The quantitative estimate of drug-likeness (QED) is 0.657. The van der Waals surface area contributed by atoms with E-state index in [9.17, 15) is 4.79 Å². The van der Waals surface area contributed by atoms with Crippen LogP contribution in [0.2, 0.25) is 0 Å². The summed E-state index contributed by atoms with van der Waals surface area (Å²) in [5.74, 6) is -0.284. The Bertz CT molecular complexity index is 832. The number of amides is 1. The molecule has 0 bridgehead atoms. The van der Waals surface area contributed by atoms with Gasteiger partial charge in [0.05, 0.1) is 12.2 Å². The number of fused-ring (bicyclic) bond motifs is 1. The Balaban J connectivity index is 1.49. The first-order valence-electron chi connectivity index (χ1n) is 7.54. The molecule has 3 aromatic rings. The first-order chi connectivity index (χ1) is 11.3. The lowest BCUT2D eigenvalue weighted by molar-refractivity contribution is 0.102. The highest BCUT2D eigenvalue weighted by atomic mass is 16.2. The van der Waals surface area contributed by atoms with Gasteiger partial charge in [-0.05, 0) is 44.1 Å². The molecule has 1 aliphatic heterocycles. The highest BCUT2D eigenvalue weighted by molar-refractivity contribution is 6.03. The second kappa shape index (κ2) is 5.76. The highest BCUT2D eigenvalue weighted by Crippen LogP contribution is 2.18. The van der Waals surface area contributed by atoms with Crippen molar-refractivity contribution in [2.75, 3.05) is 18.4 Å². The Kier molecular flexibility index (Phi) is 3.46. The van der Waals surface area contributed by atoms with Gasteiger partial charge in [-0.25, -0.2) is 4.68 Å². The molecule has 1 amide bonds. The summed E-state index contributed by atoms with van der Waals surface area (Å²) >= 11 is 0. The van der Waals surface area contributed by atoms with Gasteiger partial charge in [0.15, 0.2) is 5.69 Å². The zero-order chi connectivity index (χ0) is 15.6. The summed E-state index contributed by atoms with van der Waals surface area (Å²) in [7, 11) is 0. The van der Waals surface area contributed by atoms with Gasteiger partial charge in [-0.1, -0.05) is 5.21 Å². The number of carbonyl (C=O) groups is 1. The molecule has 1 aromatic carbocycles. The fraction of sp³-hybridized carbons (Fsp3) is 0.357. The summed E-state index contributed by atoms with van der Waals surface area (Å²) in [6.45, 7) is 1.92. The van der Waals surface area contributed by atoms with Crippen LogP contribution in [0.1, 0.15) is 29.4 Å². The van der Waals surface area contributed by atoms with Crippen molar-refractivity contribution in [2.45, 2.75) is 18.9 Å². The van der Waals surface area contributed by atoms with Crippen LogP contribution < -0.4 is 10.6 Å². The van der Waals surface area contributed by atoms with Crippen LogP contribution in [0.15, 0.2) is 24.4 Å². The molecule has 1 fully saturated rings. The van der Waals surface area contributed by atoms with Crippen molar-refractivity contribution in [3.8, 4) is 0 Å². The maximum absolute atomic E-state index is 12.3. The number of aromatic amines is 1. The summed E-state index contributed by atoms with van der Waals surface area (Å²) in [6.07, 6.45) is 3.69. The zero-order valence-corrected chi connectivity index (χ0v) is 12.4. The number of piperidine rings is 1. The molecule has 9 nitrogen and oxygen atoms in total. The van der Waals surface area contributed by atoms with E-state index in [1.807, 2.05) is 0 Å². The first kappa shape index (κ1) is 13.8. The molecule has 0 aliphatic carbocycles. The predicted molar refractivity (Wildman–Crippen MR) is 83.0 cm³/mol. The van der Waals surface area contributed by atoms with E-state index in [4.69, 9.17) is 0 Å². The van der Waals surface area contributed by atoms with Gasteiger partial charge in [-0.3, -0.25) is 4.79 Å². The Hall–Kier alpha value is -2.81. The summed E-state index contributed by atoms with van der Waals surface area (Å²) in [6, 6.07) is 5.63. The Morgan fingerprint density at radius 1 is 1.22 bits per heavy atom. The number of anilines is 1. The number of benzene rings is 1. The average molecular weight is 312 g/mol. The van der Waals surface area contributed by atoms with Gasteiger partial charge in [0.1, 0.15) is 11.0 Å². The molecule has 9 heteroatoms. The van der Waals surface area contributed by atoms with E-state index in [1.54, 1.807) is 29.1 Å². The third-order valence-corrected chi connectivity index (χ3v) is 4.00. The van der Waals surface area contributed by atoms with Crippen LogP contribution in [0.25, 0.3) is 11.0 Å². The lowest BCUT2D eigenvalue weighted by Gasteiger charge is -2.22. The van der Waals surface area contributed by atoms with Crippen LogP contribution in [-0.4, -0.2) is 49.4 Å². The maximum Gasteiger partial charge on any atom is 0.277 e. The largest absolute Gasteiger partial charge is 0.320 e. The Labute approximate surface area is 131 Å². The lowest BCUT2D eigenvalue weighted by atomic mass is 10.1. The molecule has 1 aliphatic rings. The van der Waals surface area contributed by atoms with Gasteiger partial charge >= 0.3 is 0 Å². The van der Waals surface area contributed by atoms with Crippen LogP contribution in [0.5, 0.6) is 0 Å². The third kappa shape index (κ3) is 2.78. The number of nitrogens with zero attached hydrogens (tertiary/aromatic N) is 5. The van der Waals surface area contributed by atoms with E-state index >= 15 is 0 Å². The van der Waals surface area contributed by atoms with Gasteiger partial charge in [0.2, 0.25) is 0 Å². The second-order valence-electron chi connectivity index (χ2n) is 5.55. The van der Waals surface area contributed by atoms with E-state index in [-0.39, 0.29) is 5.91 Å². The maximum atomic E-state index is 12.3. The highest BCUT2D eigenvalue weighted by Gasteiger charge is 2.18. The molecule has 118 valence electrons. The number of H-pyrrole nitrogens is 1. The van der Waals surface area contributed by atoms with Gasteiger partial charge in [-0.2, -0.15) is 15.4 Å². The monoisotopic (exact) mass is 312 g/mol. The molecule has 0 unspecified atom stereocenters. The van der Waals surface area contributed by atoms with Crippen LogP contribution >= 0.6 is 0 Å². The van der Waals surface area contributed by atoms with Crippen molar-refractivity contribution in [1.29, 1.82) is 0 Å². The Morgan fingerprint density at radius 3 is 2.91 bits per heavy atom. The minimum atomic E-state index is -0.284. The van der Waals surface area contributed by atoms with E-state index in [1.165, 1.54) is 0 Å². The Morgan fingerprint density at radius 2 is 2.04 bits per heavy atom. The molecule has 23 heavy (non-hydrogen) atoms. The van der Waals surface area contributed by atoms with Crippen molar-refractivity contribution in [2.24, 2.45) is 0 Å². The number of hydrogen-bond acceptors (Lipinski definition) is 6. The number of carbonyl (C=O) groups excluding carboxylic acids is 1. The van der Waals surface area contributed by atoms with Gasteiger partial charge < -0.3 is 10.6 Å². The molecular weight excluding hydrogens is 296 g/mol. The number of rotatable bonds is 3. The molecule has 2 aromatic heterocycles. The fourth-order valence-electron chi connectivity index (χ4n) is 2.74. The smallest absolute Gasteiger partial charge is 0.277 e. The van der Waals surface area contributed by atoms with Crippen molar-refractivity contribution >= 4 is 22.6 Å². The van der Waals surface area contributed by atoms with Crippen LogP contribution in [0.3, 0.4) is 0 Å². The van der Waals surface area contributed by atoms with E-state index in [0.29, 0.717) is 22.9 Å². The fourth-order valence-corrected chi connectivity index (χ4v) is 2.74. The number of aromatic nitrogens is 6. The van der Waals surface area contributed by atoms with Crippen molar-refractivity contribution in [3.63, 3.8) is 0 Å². The summed E-state index contributed by atoms with van der Waals surface area (Å²) in [4.78, 5) is 12.3. The summed E-state index contributed by atoms with van der Waals surface area (Å²) in [5, 5.41) is 24.7. The van der Waals surface area contributed by atoms with E-state index in [2.05, 4.69) is 36.4 Å². The minimum Gasteiger partial charge on any atom is -0.320 e. The molecule has 4 rings (SSSR count). The van der Waals surface area contributed by atoms with E-state index in [0.717, 1.165) is 31.4 Å². The van der Waals surface area contributed by atoms with Crippen molar-refractivity contribution < 1.29 is 4.79 Å². The molecule has 0 radical (unpaired) electrons. The molecule has 1 saturated heterocycles. The predicted octanol–water partition coefficient (Wildman–Crippen LogP) is 0.726. The topological polar surface area (TPSA) is 113 Å². The van der Waals surface area contributed by atoms with Crippen molar-refractivity contribution in [1.82, 2.24) is 35.7 Å². The van der Waals surface area contributed by atoms with Gasteiger partial charge in [0.25, 0.3) is 5.91 Å². The molecule has 0 spiro atoms. The van der Waals surface area contributed by atoms with Crippen LogP contribution in [-0.2, 0) is 0 Å². The molecule has 3 heterocycles. The van der Waals surface area contributed by atoms with Crippen molar-refractivity contribution in [3.05, 3.63) is 30.1 Å². The molecule has 0 atom stereocenters. The molecule has 0 saturated carbocycles. The lowest BCUT2D eigenvalue weighted by Crippen LogP contribution is -2.29. The zero-order valence-electron chi connectivity index (χ0n) is 12.4. The van der Waals surface area contributed by atoms with Crippen LogP contribution in [0.4, 0.5) is 5.69 Å². The molecular formula is C14H16N8O. The van der Waals surface area contributed by atoms with E-state index < -0.39 is 0 Å². The first-order valence-corrected chi connectivity index (χ1v) is 7.54. The van der Waals surface area contributed by atoms with Crippen LogP contribution in [0, 0.1) is 0 Å². The standard InChI is InChI=1S/C14H16N8O/c23-14(16-9-1-2-11-12(7-9)18-20-17-11)13-8-22(21-19-13)10-3-5-15-6-4-10/h1-2,7-8,10,15H,3-6H2,(H,16,23)(H,17,18,20). The average Bonchev–Trinajstić information content (AvgIpc) is 3.24. The van der Waals surface area contributed by atoms with Gasteiger partial charge in [0, 0.05) is 5.69 Å². The van der Waals surface area contributed by atoms with Gasteiger partial charge in [-0.15, -0.1) is 5.10 Å². The second-order valence-corrected chi connectivity index (χ2v) is 5.55. The minimum absolute atomic E-state index is 0.284. The SMILES string of the molecule is O=C(Nc1ccc2n[nH]nc2c1)c1cn(C2CCNCC2)nn1. The summed E-state index contributed by atoms with van der Waals surface area (Å²) in [5.41, 5.74) is 2.40. The number of hydrogen-bond donors (Lipinski definition) is 3.